The lowest BCUT2D eigenvalue weighted by atomic mass is 9.75. The number of piperidine rings is 1. The average Bonchev–Trinajstić information content (AvgIpc) is 2.33. The molecular weight excluding hydrogens is 228 g/mol. The third kappa shape index (κ3) is 2.47. The van der Waals surface area contributed by atoms with Gasteiger partial charge in [0.1, 0.15) is 5.82 Å². The molecule has 4 nitrogen and oxygen atoms in total. The predicted octanol–water partition coefficient (Wildman–Crippen LogP) is 2.65. The van der Waals surface area contributed by atoms with Crippen LogP contribution in [0.5, 0.6) is 0 Å². The van der Waals surface area contributed by atoms with Gasteiger partial charge in [-0.2, -0.15) is 0 Å². The van der Waals surface area contributed by atoms with Crippen LogP contribution in [0.25, 0.3) is 0 Å². The van der Waals surface area contributed by atoms with Crippen molar-refractivity contribution in [1.82, 2.24) is 4.98 Å². The van der Waals surface area contributed by atoms with Gasteiger partial charge in [-0.25, -0.2) is 9.78 Å². The van der Waals surface area contributed by atoms with Crippen LogP contribution in [0, 0.1) is 11.3 Å². The maximum atomic E-state index is 10.9. The Hall–Kier alpha value is -1.58. The van der Waals surface area contributed by atoms with Gasteiger partial charge >= 0.3 is 5.97 Å². The SMILES string of the molecule is CC1CCN(c2cccc(C(=O)O)n2)CC1(C)C. The first-order chi connectivity index (χ1) is 8.40. The molecule has 1 unspecified atom stereocenters. The summed E-state index contributed by atoms with van der Waals surface area (Å²) in [5.41, 5.74) is 0.350. The van der Waals surface area contributed by atoms with Crippen LogP contribution in [-0.2, 0) is 0 Å². The monoisotopic (exact) mass is 248 g/mol. The molecule has 1 atom stereocenters. The second kappa shape index (κ2) is 4.59. The molecule has 1 aliphatic heterocycles. The number of anilines is 1. The summed E-state index contributed by atoms with van der Waals surface area (Å²) in [6.07, 6.45) is 1.12. The summed E-state index contributed by atoms with van der Waals surface area (Å²) in [4.78, 5) is 17.3. The van der Waals surface area contributed by atoms with E-state index >= 15 is 0 Å². The van der Waals surface area contributed by atoms with Gasteiger partial charge in [0.15, 0.2) is 5.69 Å². The largest absolute Gasteiger partial charge is 0.477 e. The Morgan fingerprint density at radius 3 is 2.83 bits per heavy atom. The van der Waals surface area contributed by atoms with Crippen molar-refractivity contribution in [3.63, 3.8) is 0 Å². The van der Waals surface area contributed by atoms with Gasteiger partial charge in [-0.1, -0.05) is 26.8 Å². The number of nitrogens with zero attached hydrogens (tertiary/aromatic N) is 2. The number of carbonyl (C=O) groups is 1. The van der Waals surface area contributed by atoms with Gasteiger partial charge in [0.25, 0.3) is 0 Å². The molecule has 2 heterocycles. The maximum absolute atomic E-state index is 10.9. The van der Waals surface area contributed by atoms with Crippen molar-refractivity contribution in [1.29, 1.82) is 0 Å². The van der Waals surface area contributed by atoms with Crippen molar-refractivity contribution in [2.75, 3.05) is 18.0 Å². The smallest absolute Gasteiger partial charge is 0.354 e. The fourth-order valence-corrected chi connectivity index (χ4v) is 2.38. The fraction of sp³-hybridized carbons (Fsp3) is 0.571. The van der Waals surface area contributed by atoms with Crippen LogP contribution in [0.15, 0.2) is 18.2 Å². The number of hydrogen-bond acceptors (Lipinski definition) is 3. The van der Waals surface area contributed by atoms with Crippen molar-refractivity contribution in [3.05, 3.63) is 23.9 Å². The lowest BCUT2D eigenvalue weighted by Crippen LogP contribution is -2.45. The highest BCUT2D eigenvalue weighted by molar-refractivity contribution is 5.85. The van der Waals surface area contributed by atoms with Gasteiger partial charge < -0.3 is 10.0 Å². The lowest BCUT2D eigenvalue weighted by Gasteiger charge is -2.43. The molecule has 1 saturated heterocycles. The normalized spacial score (nSPS) is 22.8. The van der Waals surface area contributed by atoms with E-state index in [0.29, 0.717) is 5.92 Å². The highest BCUT2D eigenvalue weighted by Crippen LogP contribution is 2.35. The molecule has 98 valence electrons. The summed E-state index contributed by atoms with van der Waals surface area (Å²) < 4.78 is 0. The van der Waals surface area contributed by atoms with Gasteiger partial charge in [0.05, 0.1) is 0 Å². The van der Waals surface area contributed by atoms with Crippen LogP contribution < -0.4 is 4.90 Å². The zero-order chi connectivity index (χ0) is 13.3. The predicted molar refractivity (Wildman–Crippen MR) is 71.0 cm³/mol. The number of carboxylic acids is 1. The van der Waals surface area contributed by atoms with Crippen LogP contribution in [0.3, 0.4) is 0 Å². The summed E-state index contributed by atoms with van der Waals surface area (Å²) >= 11 is 0. The highest BCUT2D eigenvalue weighted by atomic mass is 16.4. The first-order valence-electron chi connectivity index (χ1n) is 6.35. The van der Waals surface area contributed by atoms with Gasteiger partial charge in [0, 0.05) is 13.1 Å². The molecule has 0 amide bonds. The van der Waals surface area contributed by atoms with Gasteiger partial charge in [0.2, 0.25) is 0 Å². The fourth-order valence-electron chi connectivity index (χ4n) is 2.38. The second-order valence-electron chi connectivity index (χ2n) is 5.79. The molecule has 1 aromatic heterocycles. The van der Waals surface area contributed by atoms with Crippen LogP contribution in [0.2, 0.25) is 0 Å². The Morgan fingerprint density at radius 1 is 1.50 bits per heavy atom. The number of pyridine rings is 1. The molecule has 1 aliphatic rings. The molecule has 0 aromatic carbocycles. The van der Waals surface area contributed by atoms with E-state index in [1.54, 1.807) is 6.07 Å². The Morgan fingerprint density at radius 2 is 2.22 bits per heavy atom. The second-order valence-corrected chi connectivity index (χ2v) is 5.79. The van der Waals surface area contributed by atoms with Crippen molar-refractivity contribution in [2.24, 2.45) is 11.3 Å². The molecule has 1 N–H and O–H groups in total. The third-order valence-electron chi connectivity index (χ3n) is 4.04. The number of aromatic nitrogens is 1. The van der Waals surface area contributed by atoms with Crippen LogP contribution in [0.1, 0.15) is 37.7 Å². The topological polar surface area (TPSA) is 53.4 Å². The molecule has 0 saturated carbocycles. The van der Waals surface area contributed by atoms with Gasteiger partial charge in [-0.05, 0) is 29.9 Å². The molecule has 1 fully saturated rings. The summed E-state index contributed by atoms with van der Waals surface area (Å²) in [6.45, 7) is 8.65. The van der Waals surface area contributed by atoms with E-state index in [4.69, 9.17) is 5.11 Å². The summed E-state index contributed by atoms with van der Waals surface area (Å²) in [5, 5.41) is 8.97. The summed E-state index contributed by atoms with van der Waals surface area (Å²) in [5.74, 6) is 0.479. The van der Waals surface area contributed by atoms with Crippen molar-refractivity contribution >= 4 is 11.8 Å². The van der Waals surface area contributed by atoms with E-state index in [0.717, 1.165) is 25.3 Å². The van der Waals surface area contributed by atoms with Crippen molar-refractivity contribution in [3.8, 4) is 0 Å². The maximum Gasteiger partial charge on any atom is 0.354 e. The number of hydrogen-bond donors (Lipinski definition) is 1. The summed E-state index contributed by atoms with van der Waals surface area (Å²) in [6, 6.07) is 5.18. The Balaban J connectivity index is 2.22. The van der Waals surface area contributed by atoms with E-state index in [2.05, 4.69) is 30.7 Å². The lowest BCUT2D eigenvalue weighted by molar-refractivity contribution is 0.0690. The third-order valence-corrected chi connectivity index (χ3v) is 4.04. The zero-order valence-electron chi connectivity index (χ0n) is 11.2. The number of aromatic carboxylic acids is 1. The highest BCUT2D eigenvalue weighted by Gasteiger charge is 2.33. The van der Waals surface area contributed by atoms with Gasteiger partial charge in [-0.3, -0.25) is 0 Å². The molecule has 0 spiro atoms. The first-order valence-corrected chi connectivity index (χ1v) is 6.35. The molecule has 2 rings (SSSR count). The Labute approximate surface area is 108 Å². The minimum absolute atomic E-state index is 0.115. The molecule has 18 heavy (non-hydrogen) atoms. The Kier molecular flexibility index (Phi) is 3.28. The van der Waals surface area contributed by atoms with Crippen LogP contribution >= 0.6 is 0 Å². The minimum atomic E-state index is -0.971. The zero-order valence-corrected chi connectivity index (χ0v) is 11.2. The minimum Gasteiger partial charge on any atom is -0.477 e. The Bertz CT molecular complexity index is 457. The summed E-state index contributed by atoms with van der Waals surface area (Å²) in [7, 11) is 0. The van der Waals surface area contributed by atoms with Crippen LogP contribution in [-0.4, -0.2) is 29.1 Å². The first kappa shape index (κ1) is 12.9. The van der Waals surface area contributed by atoms with E-state index < -0.39 is 5.97 Å². The molecular formula is C14H20N2O2. The molecule has 1 aromatic rings. The van der Waals surface area contributed by atoms with Crippen molar-refractivity contribution in [2.45, 2.75) is 27.2 Å². The molecule has 0 bridgehead atoms. The quantitative estimate of drug-likeness (QED) is 0.874. The average molecular weight is 248 g/mol. The van der Waals surface area contributed by atoms with Crippen molar-refractivity contribution < 1.29 is 9.90 Å². The van der Waals surface area contributed by atoms with E-state index in [1.165, 1.54) is 6.07 Å². The molecule has 0 aliphatic carbocycles. The van der Waals surface area contributed by atoms with Crippen LogP contribution in [0.4, 0.5) is 5.82 Å². The standard InChI is InChI=1S/C14H20N2O2/c1-10-7-8-16(9-14(10,2)3)12-6-4-5-11(15-12)13(17)18/h4-6,10H,7-9H2,1-3H3,(H,17,18). The van der Waals surface area contributed by atoms with E-state index in [1.807, 2.05) is 6.07 Å². The molecule has 4 heteroatoms. The van der Waals surface area contributed by atoms with E-state index in [-0.39, 0.29) is 11.1 Å². The van der Waals surface area contributed by atoms with E-state index in [9.17, 15) is 4.79 Å². The molecule has 0 radical (unpaired) electrons. The number of carboxylic acid groups (broad SMARTS) is 1. The number of rotatable bonds is 2. The van der Waals surface area contributed by atoms with Gasteiger partial charge in [-0.15, -0.1) is 0 Å².